The number of nitrogens with one attached hydrogen (secondary N) is 1. The minimum absolute atomic E-state index is 0.113. The third-order valence-electron chi connectivity index (χ3n) is 3.71. The van der Waals surface area contributed by atoms with E-state index >= 15 is 0 Å². The molecule has 2 saturated heterocycles. The van der Waals surface area contributed by atoms with Gasteiger partial charge in [-0.05, 0) is 18.3 Å². The lowest BCUT2D eigenvalue weighted by atomic mass is 9.87. The summed E-state index contributed by atoms with van der Waals surface area (Å²) in [6, 6.07) is -1.19. The van der Waals surface area contributed by atoms with Crippen molar-refractivity contribution in [2.75, 3.05) is 13.1 Å². The maximum absolute atomic E-state index is 12.2. The second-order valence-electron chi connectivity index (χ2n) is 6.45. The van der Waals surface area contributed by atoms with E-state index in [-0.39, 0.29) is 18.2 Å². The zero-order valence-corrected chi connectivity index (χ0v) is 11.7. The van der Waals surface area contributed by atoms with Gasteiger partial charge in [0.25, 0.3) is 0 Å². The van der Waals surface area contributed by atoms with Crippen LogP contribution in [0.5, 0.6) is 0 Å². The van der Waals surface area contributed by atoms with Gasteiger partial charge in [-0.15, -0.1) is 0 Å². The van der Waals surface area contributed by atoms with Crippen molar-refractivity contribution in [3.8, 4) is 0 Å². The molecule has 2 aliphatic rings. The second kappa shape index (κ2) is 5.00. The first-order valence-corrected chi connectivity index (χ1v) is 6.71. The van der Waals surface area contributed by atoms with Crippen LogP contribution in [0.4, 0.5) is 4.79 Å². The molecule has 0 aromatic heterocycles. The van der Waals surface area contributed by atoms with Crippen LogP contribution >= 0.6 is 0 Å². The van der Waals surface area contributed by atoms with Crippen molar-refractivity contribution in [2.24, 2.45) is 5.41 Å². The van der Waals surface area contributed by atoms with Crippen LogP contribution in [0.3, 0.4) is 0 Å². The molecule has 2 aliphatic heterocycles. The average molecular weight is 270 g/mol. The number of hydrogen-bond donors (Lipinski definition) is 2. The van der Waals surface area contributed by atoms with E-state index in [0.29, 0.717) is 13.1 Å². The fourth-order valence-corrected chi connectivity index (χ4v) is 2.64. The van der Waals surface area contributed by atoms with Gasteiger partial charge in [0.1, 0.15) is 6.04 Å². The number of hydrogen-bond acceptors (Lipinski definition) is 3. The maximum atomic E-state index is 12.2. The molecule has 0 aromatic carbocycles. The maximum Gasteiger partial charge on any atom is 0.326 e. The molecule has 0 aromatic rings. The molecule has 2 amide bonds. The third-order valence-corrected chi connectivity index (χ3v) is 3.71. The van der Waals surface area contributed by atoms with E-state index in [1.54, 1.807) is 25.7 Å². The number of morpholine rings is 1. The minimum Gasteiger partial charge on any atom is -0.480 e. The molecule has 0 radical (unpaired) electrons. The van der Waals surface area contributed by atoms with Gasteiger partial charge in [-0.25, -0.2) is 9.59 Å². The fourth-order valence-electron chi connectivity index (χ4n) is 2.64. The van der Waals surface area contributed by atoms with Gasteiger partial charge in [-0.2, -0.15) is 0 Å². The molecule has 0 spiro atoms. The summed E-state index contributed by atoms with van der Waals surface area (Å²) in [4.78, 5) is 25.1. The zero-order chi connectivity index (χ0) is 14.2. The molecule has 6 nitrogen and oxygen atoms in total. The number of fused-ring (bicyclic) bond motifs is 2. The second-order valence-corrected chi connectivity index (χ2v) is 6.45. The molecule has 19 heavy (non-hydrogen) atoms. The van der Waals surface area contributed by atoms with E-state index in [1.807, 2.05) is 0 Å². The van der Waals surface area contributed by atoms with E-state index in [9.17, 15) is 14.7 Å². The highest BCUT2D eigenvalue weighted by molar-refractivity contribution is 5.83. The van der Waals surface area contributed by atoms with E-state index < -0.39 is 17.4 Å². The summed E-state index contributed by atoms with van der Waals surface area (Å²) in [6.07, 6.45) is 2.19. The minimum atomic E-state index is -1.00. The van der Waals surface area contributed by atoms with Crippen molar-refractivity contribution in [3.63, 3.8) is 0 Å². The number of amides is 2. The number of likely N-dealkylation sites (tertiary alicyclic amines) is 1. The Kier molecular flexibility index (Phi) is 3.71. The van der Waals surface area contributed by atoms with Crippen LogP contribution in [0.1, 0.15) is 33.6 Å². The van der Waals surface area contributed by atoms with E-state index in [2.05, 4.69) is 5.32 Å². The van der Waals surface area contributed by atoms with Crippen LogP contribution in [0, 0.1) is 5.41 Å². The van der Waals surface area contributed by atoms with Gasteiger partial charge in [-0.1, -0.05) is 20.8 Å². The quantitative estimate of drug-likeness (QED) is 0.786. The van der Waals surface area contributed by atoms with Gasteiger partial charge in [0, 0.05) is 13.1 Å². The molecule has 2 unspecified atom stereocenters. The first-order valence-electron chi connectivity index (χ1n) is 6.71. The lowest BCUT2D eigenvalue weighted by molar-refractivity contribution is -0.142. The summed E-state index contributed by atoms with van der Waals surface area (Å²) in [5.41, 5.74) is -0.521. The third kappa shape index (κ3) is 3.18. The highest BCUT2D eigenvalue weighted by Crippen LogP contribution is 2.26. The Bertz CT molecular complexity index is 365. The number of carboxylic acid groups (broad SMARTS) is 1. The molecular weight excluding hydrogens is 248 g/mol. The lowest BCUT2D eigenvalue weighted by Gasteiger charge is -2.35. The standard InChI is InChI=1S/C13H22N2O4/c1-13(2,3)10(11(16)17)14-12(18)15-6-8-4-5-9(7-15)19-8/h8-10H,4-7H2,1-3H3,(H,14,18)(H,16,17)/t8?,9?,10-/m0/s1. The average Bonchev–Trinajstić information content (AvgIpc) is 2.62. The summed E-state index contributed by atoms with van der Waals surface area (Å²) >= 11 is 0. The first-order chi connectivity index (χ1) is 8.77. The van der Waals surface area contributed by atoms with Crippen molar-refractivity contribution < 1.29 is 19.4 Å². The highest BCUT2D eigenvalue weighted by atomic mass is 16.5. The Hall–Kier alpha value is -1.30. The molecule has 2 rings (SSSR count). The number of carbonyl (C=O) groups is 2. The Labute approximate surface area is 113 Å². The Morgan fingerprint density at radius 3 is 2.21 bits per heavy atom. The topological polar surface area (TPSA) is 78.9 Å². The number of urea groups is 1. The molecule has 0 aliphatic carbocycles. The SMILES string of the molecule is CC(C)(C)[C@@H](NC(=O)N1CC2CCC(C1)O2)C(=O)O. The van der Waals surface area contributed by atoms with Gasteiger partial charge in [0.15, 0.2) is 0 Å². The van der Waals surface area contributed by atoms with Crippen molar-refractivity contribution in [1.29, 1.82) is 0 Å². The summed E-state index contributed by atoms with van der Waals surface area (Å²) in [5.74, 6) is -1.00. The fraction of sp³-hybridized carbons (Fsp3) is 0.846. The van der Waals surface area contributed by atoms with Crippen LogP contribution in [0.2, 0.25) is 0 Å². The number of nitrogens with zero attached hydrogens (tertiary/aromatic N) is 1. The Balaban J connectivity index is 1.98. The predicted octanol–water partition coefficient (Wildman–Crippen LogP) is 1.06. The number of carboxylic acids is 1. The van der Waals surface area contributed by atoms with Gasteiger partial charge in [0.2, 0.25) is 0 Å². The smallest absolute Gasteiger partial charge is 0.326 e. The highest BCUT2D eigenvalue weighted by Gasteiger charge is 2.38. The van der Waals surface area contributed by atoms with Gasteiger partial charge < -0.3 is 20.1 Å². The van der Waals surface area contributed by atoms with Crippen LogP contribution < -0.4 is 5.32 Å². The van der Waals surface area contributed by atoms with Crippen molar-refractivity contribution >= 4 is 12.0 Å². The van der Waals surface area contributed by atoms with Crippen molar-refractivity contribution in [3.05, 3.63) is 0 Å². The van der Waals surface area contributed by atoms with E-state index in [0.717, 1.165) is 12.8 Å². The number of rotatable bonds is 2. The molecule has 3 atom stereocenters. The summed E-state index contributed by atoms with van der Waals surface area (Å²) < 4.78 is 5.66. The van der Waals surface area contributed by atoms with Crippen LogP contribution in [0.15, 0.2) is 0 Å². The van der Waals surface area contributed by atoms with Gasteiger partial charge in [-0.3, -0.25) is 0 Å². The molecule has 0 saturated carbocycles. The molecular formula is C13H22N2O4. The number of carbonyl (C=O) groups excluding carboxylic acids is 1. The van der Waals surface area contributed by atoms with Crippen molar-refractivity contribution in [2.45, 2.75) is 51.9 Å². The normalized spacial score (nSPS) is 28.1. The Morgan fingerprint density at radius 2 is 1.79 bits per heavy atom. The van der Waals surface area contributed by atoms with Crippen LogP contribution in [-0.4, -0.2) is 53.3 Å². The lowest BCUT2D eigenvalue weighted by Crippen LogP contribution is -2.56. The van der Waals surface area contributed by atoms with Crippen LogP contribution in [-0.2, 0) is 9.53 Å². The van der Waals surface area contributed by atoms with E-state index in [4.69, 9.17) is 4.74 Å². The molecule has 2 fully saturated rings. The molecule has 6 heteroatoms. The van der Waals surface area contributed by atoms with E-state index in [1.165, 1.54) is 0 Å². The van der Waals surface area contributed by atoms with Crippen LogP contribution in [0.25, 0.3) is 0 Å². The van der Waals surface area contributed by atoms with Gasteiger partial charge in [0.05, 0.1) is 12.2 Å². The van der Waals surface area contributed by atoms with Gasteiger partial charge >= 0.3 is 12.0 Å². The summed E-state index contributed by atoms with van der Waals surface area (Å²) in [7, 11) is 0. The molecule has 2 N–H and O–H groups in total. The number of aliphatic carboxylic acids is 1. The summed E-state index contributed by atoms with van der Waals surface area (Å²) in [5, 5.41) is 11.8. The number of ether oxygens (including phenoxy) is 1. The first kappa shape index (κ1) is 14.1. The molecule has 2 heterocycles. The Morgan fingerprint density at radius 1 is 1.26 bits per heavy atom. The monoisotopic (exact) mass is 270 g/mol. The molecule has 108 valence electrons. The van der Waals surface area contributed by atoms with Crippen molar-refractivity contribution in [1.82, 2.24) is 10.2 Å². The predicted molar refractivity (Wildman–Crippen MR) is 68.9 cm³/mol. The molecule has 2 bridgehead atoms. The zero-order valence-electron chi connectivity index (χ0n) is 11.7. The largest absolute Gasteiger partial charge is 0.480 e. The summed E-state index contributed by atoms with van der Waals surface area (Å²) in [6.45, 7) is 6.51.